The predicted molar refractivity (Wildman–Crippen MR) is 102 cm³/mol. The van der Waals surface area contributed by atoms with E-state index in [1.54, 1.807) is 44.2 Å². The number of amides is 1. The molecule has 3 aromatic carbocycles. The van der Waals surface area contributed by atoms with Crippen molar-refractivity contribution in [3.63, 3.8) is 0 Å². The second kappa shape index (κ2) is 6.90. The summed E-state index contributed by atoms with van der Waals surface area (Å²) in [5.74, 6) is -0.761. The summed E-state index contributed by atoms with van der Waals surface area (Å²) < 4.78 is 27.4. The summed E-state index contributed by atoms with van der Waals surface area (Å²) in [6, 6.07) is 17.1. The number of nitrogens with one attached hydrogen (secondary N) is 1. The highest BCUT2D eigenvalue weighted by molar-refractivity contribution is 7.90. The lowest BCUT2D eigenvalue weighted by Gasteiger charge is -2.16. The number of rotatable bonds is 4. The van der Waals surface area contributed by atoms with E-state index in [4.69, 9.17) is 5.73 Å². The molecule has 1 unspecified atom stereocenters. The molecule has 0 saturated carbocycles. The number of carbonyl (C=O) groups is 1. The molecule has 3 rings (SSSR count). The molecule has 0 radical (unpaired) electrons. The molecule has 0 bridgehead atoms. The van der Waals surface area contributed by atoms with Gasteiger partial charge in [0.2, 0.25) is 0 Å². The average Bonchev–Trinajstić information content (AvgIpc) is 2.59. The zero-order valence-electron chi connectivity index (χ0n) is 14.6. The van der Waals surface area contributed by atoms with Crippen LogP contribution in [0.1, 0.15) is 22.7 Å². The van der Waals surface area contributed by atoms with E-state index in [2.05, 4.69) is 4.72 Å². The minimum absolute atomic E-state index is 0.110. The first-order chi connectivity index (χ1) is 12.3. The molecular formula is C20H20N2O3S. The molecular weight excluding hydrogens is 348 g/mol. The Morgan fingerprint density at radius 2 is 1.54 bits per heavy atom. The number of carbonyl (C=O) groups excluding carboxylic acids is 1. The first-order valence-corrected chi connectivity index (χ1v) is 9.65. The fourth-order valence-corrected chi connectivity index (χ4v) is 4.50. The van der Waals surface area contributed by atoms with E-state index in [9.17, 15) is 13.2 Å². The maximum atomic E-state index is 12.6. The monoisotopic (exact) mass is 368 g/mol. The second-order valence-electron chi connectivity index (χ2n) is 6.27. The van der Waals surface area contributed by atoms with Crippen LogP contribution in [-0.2, 0) is 14.8 Å². The Balaban J connectivity index is 1.88. The van der Waals surface area contributed by atoms with Gasteiger partial charge < -0.3 is 5.73 Å². The molecule has 6 heteroatoms. The normalized spacial score (nSPS) is 12.7. The molecule has 5 nitrogen and oxygen atoms in total. The van der Waals surface area contributed by atoms with Crippen LogP contribution in [0.5, 0.6) is 0 Å². The molecule has 0 saturated heterocycles. The molecule has 0 spiro atoms. The van der Waals surface area contributed by atoms with Crippen LogP contribution in [0.4, 0.5) is 0 Å². The third-order valence-electron chi connectivity index (χ3n) is 4.33. The van der Waals surface area contributed by atoms with Crippen LogP contribution in [-0.4, -0.2) is 14.3 Å². The van der Waals surface area contributed by atoms with E-state index in [1.807, 2.05) is 30.3 Å². The van der Waals surface area contributed by atoms with Crippen LogP contribution in [0, 0.1) is 13.8 Å². The van der Waals surface area contributed by atoms with Crippen LogP contribution < -0.4 is 10.5 Å². The Labute approximate surface area is 152 Å². The second-order valence-corrected chi connectivity index (χ2v) is 7.89. The van der Waals surface area contributed by atoms with Gasteiger partial charge in [-0.05, 0) is 47.4 Å². The van der Waals surface area contributed by atoms with Crippen molar-refractivity contribution in [1.82, 2.24) is 4.72 Å². The predicted octanol–water partition coefficient (Wildman–Crippen LogP) is 2.96. The Morgan fingerprint density at radius 1 is 0.923 bits per heavy atom. The molecule has 0 aliphatic rings. The minimum Gasteiger partial charge on any atom is -0.316 e. The lowest BCUT2D eigenvalue weighted by atomic mass is 10.0. The highest BCUT2D eigenvalue weighted by atomic mass is 32.2. The average molecular weight is 368 g/mol. The zero-order valence-corrected chi connectivity index (χ0v) is 15.4. The van der Waals surface area contributed by atoms with Crippen molar-refractivity contribution in [2.45, 2.75) is 24.8 Å². The van der Waals surface area contributed by atoms with Crippen LogP contribution >= 0.6 is 0 Å². The van der Waals surface area contributed by atoms with Crippen molar-refractivity contribution in [1.29, 1.82) is 0 Å². The fourth-order valence-electron chi connectivity index (χ4n) is 3.02. The smallest absolute Gasteiger partial charge is 0.264 e. The summed E-state index contributed by atoms with van der Waals surface area (Å²) in [6.07, 6.45) is 0. The number of sulfonamides is 1. The van der Waals surface area contributed by atoms with Gasteiger partial charge in [-0.25, -0.2) is 13.1 Å². The standard InChI is InChI=1S/C20H20N2O3S/c1-13-6-5-7-14(2)19(13)26(24,25)22-20(23)18(21)17-11-10-15-8-3-4-9-16(15)12-17/h3-12,18H,21H2,1-2H3,(H,22,23). The summed E-state index contributed by atoms with van der Waals surface area (Å²) in [7, 11) is -4.00. The molecule has 0 aromatic heterocycles. The number of hydrogen-bond donors (Lipinski definition) is 2. The molecule has 0 aliphatic heterocycles. The molecule has 1 atom stereocenters. The van der Waals surface area contributed by atoms with Gasteiger partial charge in [0, 0.05) is 0 Å². The van der Waals surface area contributed by atoms with Gasteiger partial charge >= 0.3 is 0 Å². The van der Waals surface area contributed by atoms with Gasteiger partial charge in [-0.2, -0.15) is 0 Å². The first kappa shape index (κ1) is 18.1. The van der Waals surface area contributed by atoms with Gasteiger partial charge in [-0.3, -0.25) is 4.79 Å². The minimum atomic E-state index is -4.00. The van der Waals surface area contributed by atoms with Gasteiger partial charge in [0.05, 0.1) is 4.90 Å². The van der Waals surface area contributed by atoms with E-state index in [0.29, 0.717) is 16.7 Å². The summed E-state index contributed by atoms with van der Waals surface area (Å²) in [5, 5.41) is 1.96. The lowest BCUT2D eigenvalue weighted by molar-refractivity contribution is -0.120. The van der Waals surface area contributed by atoms with Crippen LogP contribution in [0.25, 0.3) is 10.8 Å². The first-order valence-electron chi connectivity index (χ1n) is 8.17. The van der Waals surface area contributed by atoms with E-state index in [1.165, 1.54) is 0 Å². The number of aryl methyl sites for hydroxylation is 2. The molecule has 3 N–H and O–H groups in total. The van der Waals surface area contributed by atoms with E-state index in [-0.39, 0.29) is 4.90 Å². The van der Waals surface area contributed by atoms with Crippen molar-refractivity contribution in [3.8, 4) is 0 Å². The topological polar surface area (TPSA) is 89.3 Å². The Kier molecular flexibility index (Phi) is 4.80. The summed E-state index contributed by atoms with van der Waals surface area (Å²) in [6.45, 7) is 3.38. The van der Waals surface area contributed by atoms with Crippen molar-refractivity contribution < 1.29 is 13.2 Å². The van der Waals surface area contributed by atoms with Crippen molar-refractivity contribution in [2.75, 3.05) is 0 Å². The Morgan fingerprint density at radius 3 is 2.19 bits per heavy atom. The van der Waals surface area contributed by atoms with Gasteiger partial charge in [0.25, 0.3) is 15.9 Å². The summed E-state index contributed by atoms with van der Waals surface area (Å²) >= 11 is 0. The van der Waals surface area contributed by atoms with Crippen LogP contribution in [0.15, 0.2) is 65.6 Å². The van der Waals surface area contributed by atoms with Crippen LogP contribution in [0.3, 0.4) is 0 Å². The molecule has 1 amide bonds. The van der Waals surface area contributed by atoms with E-state index in [0.717, 1.165) is 10.8 Å². The Bertz CT molecular complexity index is 1070. The highest BCUT2D eigenvalue weighted by Crippen LogP contribution is 2.22. The largest absolute Gasteiger partial charge is 0.316 e. The molecule has 26 heavy (non-hydrogen) atoms. The molecule has 0 aliphatic carbocycles. The number of fused-ring (bicyclic) bond motifs is 1. The van der Waals surface area contributed by atoms with E-state index >= 15 is 0 Å². The quantitative estimate of drug-likeness (QED) is 0.741. The van der Waals surface area contributed by atoms with Gasteiger partial charge in [-0.15, -0.1) is 0 Å². The third-order valence-corrected chi connectivity index (χ3v) is 5.98. The maximum Gasteiger partial charge on any atom is 0.264 e. The van der Waals surface area contributed by atoms with Gasteiger partial charge in [-0.1, -0.05) is 54.6 Å². The molecule has 134 valence electrons. The Hall–Kier alpha value is -2.70. The summed E-state index contributed by atoms with van der Waals surface area (Å²) in [5.41, 5.74) is 7.72. The number of benzene rings is 3. The molecule has 0 heterocycles. The van der Waals surface area contributed by atoms with Crippen molar-refractivity contribution in [3.05, 3.63) is 77.4 Å². The zero-order chi connectivity index (χ0) is 18.9. The van der Waals surface area contributed by atoms with Gasteiger partial charge in [0.1, 0.15) is 6.04 Å². The fraction of sp³-hybridized carbons (Fsp3) is 0.150. The van der Waals surface area contributed by atoms with Gasteiger partial charge in [0.15, 0.2) is 0 Å². The number of hydrogen-bond acceptors (Lipinski definition) is 4. The molecule has 0 fully saturated rings. The van der Waals surface area contributed by atoms with Crippen molar-refractivity contribution in [2.24, 2.45) is 5.73 Å². The van der Waals surface area contributed by atoms with E-state index < -0.39 is 22.0 Å². The maximum absolute atomic E-state index is 12.6. The summed E-state index contributed by atoms with van der Waals surface area (Å²) in [4.78, 5) is 12.6. The SMILES string of the molecule is Cc1cccc(C)c1S(=O)(=O)NC(=O)C(N)c1ccc2ccccc2c1. The third kappa shape index (κ3) is 3.47. The highest BCUT2D eigenvalue weighted by Gasteiger charge is 2.25. The molecule has 3 aromatic rings. The number of nitrogens with two attached hydrogens (primary N) is 1. The van der Waals surface area contributed by atoms with Crippen LogP contribution in [0.2, 0.25) is 0 Å². The lowest BCUT2D eigenvalue weighted by Crippen LogP contribution is -2.38. The van der Waals surface area contributed by atoms with Crippen molar-refractivity contribution >= 4 is 26.7 Å².